The van der Waals surface area contributed by atoms with Gasteiger partial charge in [0.15, 0.2) is 17.3 Å². The van der Waals surface area contributed by atoms with Crippen LogP contribution in [0, 0.1) is 11.3 Å². The predicted octanol–water partition coefficient (Wildman–Crippen LogP) is 5.02. The van der Waals surface area contributed by atoms with Gasteiger partial charge in [0.2, 0.25) is 0 Å². The molecule has 3 aromatic carbocycles. The molecule has 1 aliphatic carbocycles. The number of methoxy groups -OCH3 is 1. The van der Waals surface area contributed by atoms with Gasteiger partial charge < -0.3 is 19.9 Å². The number of nitrogens with zero attached hydrogens (tertiary/aromatic N) is 3. The summed E-state index contributed by atoms with van der Waals surface area (Å²) >= 11 is 0. The molecule has 42 heavy (non-hydrogen) atoms. The summed E-state index contributed by atoms with van der Waals surface area (Å²) in [5, 5.41) is 14.5. The van der Waals surface area contributed by atoms with Crippen LogP contribution in [0.3, 0.4) is 0 Å². The highest BCUT2D eigenvalue weighted by molar-refractivity contribution is 6.00. The van der Waals surface area contributed by atoms with E-state index in [4.69, 9.17) is 19.9 Å². The molecule has 2 N–H and O–H groups in total. The Labute approximate surface area is 246 Å². The molecule has 1 fully saturated rings. The number of ether oxygens (including phenoxy) is 3. The average Bonchev–Trinajstić information content (AvgIpc) is 3.04. The molecule has 6 rings (SSSR count). The lowest BCUT2D eigenvalue weighted by Gasteiger charge is -2.47. The van der Waals surface area contributed by atoms with Crippen molar-refractivity contribution in [1.29, 1.82) is 5.26 Å². The van der Waals surface area contributed by atoms with Crippen molar-refractivity contribution in [2.45, 2.75) is 31.3 Å². The number of ketones is 1. The van der Waals surface area contributed by atoms with E-state index in [0.29, 0.717) is 74.2 Å². The lowest BCUT2D eigenvalue weighted by molar-refractivity contribution is -0.117. The Bertz CT molecular complexity index is 1560. The summed E-state index contributed by atoms with van der Waals surface area (Å²) in [5.74, 6) is 0.900. The highest BCUT2D eigenvalue weighted by Crippen LogP contribution is 2.49. The summed E-state index contributed by atoms with van der Waals surface area (Å²) in [6.07, 6.45) is 0.998. The summed E-state index contributed by atoms with van der Waals surface area (Å²) in [4.78, 5) is 14.1. The van der Waals surface area contributed by atoms with Gasteiger partial charge in [-0.3, -0.25) is 9.80 Å². The summed E-state index contributed by atoms with van der Waals surface area (Å²) in [5.41, 5.74) is 11.6. The Morgan fingerprint density at radius 2 is 1.67 bits per heavy atom. The molecule has 8 nitrogen and oxygen atoms in total. The number of nitriles is 1. The zero-order valence-corrected chi connectivity index (χ0v) is 23.7. The number of benzene rings is 3. The number of hydrogen-bond acceptors (Lipinski definition) is 8. The normalized spacial score (nSPS) is 21.1. The fraction of sp³-hybridized carbons (Fsp3) is 0.294. The lowest BCUT2D eigenvalue weighted by Crippen LogP contribution is -2.52. The molecule has 3 aromatic rings. The number of hydrazine groups is 1. The van der Waals surface area contributed by atoms with E-state index in [1.807, 2.05) is 71.7 Å². The number of allylic oxidation sites excluding steroid dienone is 3. The molecular formula is C34H34N4O4. The maximum atomic E-state index is 14.1. The van der Waals surface area contributed by atoms with Crippen molar-refractivity contribution >= 4 is 5.78 Å². The first-order valence-corrected chi connectivity index (χ1v) is 14.3. The van der Waals surface area contributed by atoms with E-state index in [2.05, 4.69) is 23.2 Å². The van der Waals surface area contributed by atoms with E-state index in [0.717, 1.165) is 22.4 Å². The second-order valence-corrected chi connectivity index (χ2v) is 10.7. The van der Waals surface area contributed by atoms with Crippen LogP contribution in [-0.2, 0) is 16.1 Å². The predicted molar refractivity (Wildman–Crippen MR) is 158 cm³/mol. The first-order valence-electron chi connectivity index (χ1n) is 14.3. The van der Waals surface area contributed by atoms with Crippen molar-refractivity contribution in [2.75, 3.05) is 33.4 Å². The molecule has 1 saturated heterocycles. The minimum Gasteiger partial charge on any atom is -0.493 e. The molecule has 0 aromatic heterocycles. The number of nitrogens with two attached hydrogens (primary N) is 1. The van der Waals surface area contributed by atoms with Crippen LogP contribution in [0.5, 0.6) is 11.5 Å². The van der Waals surface area contributed by atoms with Gasteiger partial charge in [-0.2, -0.15) is 5.26 Å². The second kappa shape index (κ2) is 12.1. The van der Waals surface area contributed by atoms with Crippen LogP contribution in [0.15, 0.2) is 102 Å². The van der Waals surface area contributed by atoms with Crippen molar-refractivity contribution in [3.05, 3.63) is 118 Å². The molecular weight excluding hydrogens is 528 g/mol. The molecule has 0 spiro atoms. The number of hydrogen-bond donors (Lipinski definition) is 1. The van der Waals surface area contributed by atoms with Crippen molar-refractivity contribution in [1.82, 2.24) is 10.0 Å². The monoisotopic (exact) mass is 562 g/mol. The van der Waals surface area contributed by atoms with Crippen molar-refractivity contribution < 1.29 is 19.0 Å². The van der Waals surface area contributed by atoms with Crippen LogP contribution >= 0.6 is 0 Å². The van der Waals surface area contributed by atoms with Gasteiger partial charge in [-0.1, -0.05) is 66.7 Å². The molecule has 0 radical (unpaired) electrons. The molecule has 0 amide bonds. The minimum atomic E-state index is -0.608. The van der Waals surface area contributed by atoms with Gasteiger partial charge in [0.25, 0.3) is 0 Å². The molecule has 0 bridgehead atoms. The number of carbonyl (C=O) groups is 1. The Balaban J connectivity index is 1.42. The van der Waals surface area contributed by atoms with E-state index >= 15 is 0 Å². The lowest BCUT2D eigenvalue weighted by atomic mass is 9.72. The Morgan fingerprint density at radius 1 is 0.952 bits per heavy atom. The van der Waals surface area contributed by atoms with Gasteiger partial charge in [-0.25, -0.2) is 5.01 Å². The summed E-state index contributed by atoms with van der Waals surface area (Å²) < 4.78 is 17.4. The maximum absolute atomic E-state index is 14.1. The minimum absolute atomic E-state index is 0.0152. The van der Waals surface area contributed by atoms with E-state index in [1.165, 1.54) is 0 Å². The smallest absolute Gasteiger partial charge is 0.162 e. The standard InChI is InChI=1S/C34H34N4O4/c1-40-31-20-25(12-13-30(31)42-22-23-8-4-2-5-9-23)32-27(21-35)34(36)38(37-14-16-41-17-15-37)28-18-26(19-29(39)33(28)32)24-10-6-3-7-11-24/h2-13,20,26,32H,14-19,22,36H2,1H3. The SMILES string of the molecule is COc1cc(C2C(C#N)=C(N)N(N3CCOCC3)C3=C2C(=O)CC(c2ccccc2)C3)ccc1OCc1ccccc1. The quantitative estimate of drug-likeness (QED) is 0.429. The molecule has 8 heteroatoms. The van der Waals surface area contributed by atoms with E-state index < -0.39 is 5.92 Å². The summed E-state index contributed by atoms with van der Waals surface area (Å²) in [6.45, 7) is 2.73. The fourth-order valence-electron chi connectivity index (χ4n) is 6.20. The van der Waals surface area contributed by atoms with Crippen LogP contribution in [0.4, 0.5) is 0 Å². The maximum Gasteiger partial charge on any atom is 0.162 e. The number of morpholine rings is 1. The fourth-order valence-corrected chi connectivity index (χ4v) is 6.20. The Morgan fingerprint density at radius 3 is 2.36 bits per heavy atom. The van der Waals surface area contributed by atoms with Gasteiger partial charge in [-0.15, -0.1) is 0 Å². The van der Waals surface area contributed by atoms with Gasteiger partial charge in [0.1, 0.15) is 12.4 Å². The van der Waals surface area contributed by atoms with E-state index in [-0.39, 0.29) is 11.7 Å². The molecule has 2 heterocycles. The zero-order chi connectivity index (χ0) is 29.1. The van der Waals surface area contributed by atoms with Gasteiger partial charge >= 0.3 is 0 Å². The molecule has 2 aliphatic heterocycles. The number of rotatable bonds is 7. The Kier molecular flexibility index (Phi) is 7.95. The van der Waals surface area contributed by atoms with Gasteiger partial charge in [0.05, 0.1) is 37.9 Å². The first-order chi connectivity index (χ1) is 20.6. The Hall–Kier alpha value is -4.58. The molecule has 3 aliphatic rings. The summed E-state index contributed by atoms with van der Waals surface area (Å²) in [7, 11) is 1.59. The van der Waals surface area contributed by atoms with Crippen LogP contribution in [0.1, 0.15) is 41.4 Å². The average molecular weight is 563 g/mol. The first kappa shape index (κ1) is 27.6. The summed E-state index contributed by atoms with van der Waals surface area (Å²) in [6, 6.07) is 28.0. The zero-order valence-electron chi connectivity index (χ0n) is 23.7. The van der Waals surface area contributed by atoms with Gasteiger partial charge in [-0.05, 0) is 41.2 Å². The van der Waals surface area contributed by atoms with E-state index in [1.54, 1.807) is 7.11 Å². The highest BCUT2D eigenvalue weighted by Gasteiger charge is 2.44. The number of Topliss-reactive ketones (excluding diaryl/α,β-unsaturated/α-hetero) is 1. The van der Waals surface area contributed by atoms with Crippen LogP contribution in [0.2, 0.25) is 0 Å². The van der Waals surface area contributed by atoms with Crippen LogP contribution in [0.25, 0.3) is 0 Å². The molecule has 214 valence electrons. The topological polar surface area (TPSA) is 101 Å². The van der Waals surface area contributed by atoms with Gasteiger partial charge in [0, 0.05) is 30.8 Å². The largest absolute Gasteiger partial charge is 0.493 e. The van der Waals surface area contributed by atoms with E-state index in [9.17, 15) is 10.1 Å². The molecule has 0 saturated carbocycles. The van der Waals surface area contributed by atoms with Crippen molar-refractivity contribution in [2.24, 2.45) is 5.73 Å². The second-order valence-electron chi connectivity index (χ2n) is 10.7. The molecule has 2 unspecified atom stereocenters. The van der Waals surface area contributed by atoms with Crippen LogP contribution < -0.4 is 15.2 Å². The highest BCUT2D eigenvalue weighted by atomic mass is 16.5. The van der Waals surface area contributed by atoms with Crippen LogP contribution in [-0.4, -0.2) is 49.2 Å². The molecule has 2 atom stereocenters. The third-order valence-electron chi connectivity index (χ3n) is 8.24. The third-order valence-corrected chi connectivity index (χ3v) is 8.24. The van der Waals surface area contributed by atoms with Crippen molar-refractivity contribution in [3.8, 4) is 17.6 Å². The number of carbonyl (C=O) groups excluding carboxylic acids is 1. The third kappa shape index (κ3) is 5.25. The van der Waals surface area contributed by atoms with Crippen molar-refractivity contribution in [3.63, 3.8) is 0 Å².